The summed E-state index contributed by atoms with van der Waals surface area (Å²) in [4.78, 5) is 0. The van der Waals surface area contributed by atoms with Gasteiger partial charge in [-0.1, -0.05) is 54.6 Å². The largest absolute Gasteiger partial charge is 0.192 e. The molecule has 0 aliphatic carbocycles. The number of nitriles is 1. The molecule has 18 heavy (non-hydrogen) atoms. The zero-order chi connectivity index (χ0) is 12.4. The lowest BCUT2D eigenvalue weighted by Crippen LogP contribution is -2.03. The van der Waals surface area contributed by atoms with Crippen LogP contribution in [0.15, 0.2) is 60.0 Å². The number of hydrogen-bond acceptors (Lipinski definition) is 2. The van der Waals surface area contributed by atoms with Crippen LogP contribution in [0.25, 0.3) is 5.57 Å². The molecule has 0 N–H and O–H groups in total. The first kappa shape index (κ1) is 11.1. The Morgan fingerprint density at radius 2 is 1.67 bits per heavy atom. The quantitative estimate of drug-likeness (QED) is 0.748. The molecule has 1 unspecified atom stereocenters. The zero-order valence-corrected chi connectivity index (χ0v) is 10.5. The van der Waals surface area contributed by atoms with Crippen molar-refractivity contribution in [3.05, 3.63) is 76.7 Å². The average molecular weight is 249 g/mol. The van der Waals surface area contributed by atoms with E-state index in [2.05, 4.69) is 36.4 Å². The molecular weight excluding hydrogens is 238 g/mol. The van der Waals surface area contributed by atoms with Gasteiger partial charge in [-0.2, -0.15) is 5.26 Å². The van der Waals surface area contributed by atoms with Gasteiger partial charge in [0, 0.05) is 0 Å². The predicted molar refractivity (Wildman–Crippen MR) is 75.9 cm³/mol. The van der Waals surface area contributed by atoms with Gasteiger partial charge in [0.1, 0.15) is 6.07 Å². The third kappa shape index (κ3) is 1.83. The summed E-state index contributed by atoms with van der Waals surface area (Å²) in [5.41, 5.74) is 4.34. The molecule has 1 heterocycles. The van der Waals surface area contributed by atoms with Crippen LogP contribution in [0.5, 0.6) is 0 Å². The van der Waals surface area contributed by atoms with E-state index in [4.69, 9.17) is 5.26 Å². The average Bonchev–Trinajstić information content (AvgIpc) is 2.47. The molecule has 0 spiro atoms. The van der Waals surface area contributed by atoms with E-state index in [-0.39, 0.29) is 0 Å². The van der Waals surface area contributed by atoms with Crippen LogP contribution in [0.3, 0.4) is 0 Å². The highest BCUT2D eigenvalue weighted by molar-refractivity contribution is 8.02. The lowest BCUT2D eigenvalue weighted by atomic mass is 9.95. The molecule has 1 aliphatic heterocycles. The summed E-state index contributed by atoms with van der Waals surface area (Å²) in [6, 6.07) is 20.9. The second-order valence-electron chi connectivity index (χ2n) is 4.16. The summed E-state index contributed by atoms with van der Waals surface area (Å²) >= 11 is 1.71. The van der Waals surface area contributed by atoms with Gasteiger partial charge in [-0.15, -0.1) is 11.8 Å². The molecule has 0 aromatic heterocycles. The smallest absolute Gasteiger partial charge is 0.100 e. The van der Waals surface area contributed by atoms with E-state index in [1.807, 2.05) is 29.7 Å². The maximum atomic E-state index is 9.16. The first-order chi connectivity index (χ1) is 8.90. The Kier molecular flexibility index (Phi) is 2.92. The predicted octanol–water partition coefficient (Wildman–Crippen LogP) is 4.39. The van der Waals surface area contributed by atoms with Crippen LogP contribution < -0.4 is 0 Å². The Morgan fingerprint density at radius 1 is 0.944 bits per heavy atom. The molecular formula is C16H11NS. The first-order valence-electron chi connectivity index (χ1n) is 5.80. The normalized spacial score (nSPS) is 17.5. The van der Waals surface area contributed by atoms with E-state index in [9.17, 15) is 0 Å². The molecule has 1 atom stereocenters. The van der Waals surface area contributed by atoms with Crippen molar-refractivity contribution in [2.75, 3.05) is 0 Å². The van der Waals surface area contributed by atoms with Crippen molar-refractivity contribution < 1.29 is 0 Å². The van der Waals surface area contributed by atoms with Crippen molar-refractivity contribution in [2.45, 2.75) is 5.25 Å². The van der Waals surface area contributed by atoms with Crippen LogP contribution in [0.1, 0.15) is 21.9 Å². The third-order valence-electron chi connectivity index (χ3n) is 3.08. The molecule has 2 aromatic rings. The summed E-state index contributed by atoms with van der Waals surface area (Å²) in [7, 11) is 0. The van der Waals surface area contributed by atoms with Gasteiger partial charge in [-0.3, -0.25) is 0 Å². The van der Waals surface area contributed by atoms with Crippen LogP contribution in [-0.2, 0) is 0 Å². The summed E-state index contributed by atoms with van der Waals surface area (Å²) in [5, 5.41) is 11.4. The highest BCUT2D eigenvalue weighted by Crippen LogP contribution is 2.44. The summed E-state index contributed by atoms with van der Waals surface area (Å²) in [5.74, 6) is 0. The van der Waals surface area contributed by atoms with Gasteiger partial charge in [0.05, 0.1) is 10.8 Å². The number of allylic oxidation sites excluding steroid dienone is 1. The fraction of sp³-hybridized carbons (Fsp3) is 0.0625. The van der Waals surface area contributed by atoms with Crippen LogP contribution in [-0.4, -0.2) is 0 Å². The third-order valence-corrected chi connectivity index (χ3v) is 4.25. The van der Waals surface area contributed by atoms with Gasteiger partial charge in [0.15, 0.2) is 0 Å². The Morgan fingerprint density at radius 3 is 2.44 bits per heavy atom. The van der Waals surface area contributed by atoms with E-state index >= 15 is 0 Å². The summed E-state index contributed by atoms with van der Waals surface area (Å²) < 4.78 is 0. The van der Waals surface area contributed by atoms with Gasteiger partial charge in [0.2, 0.25) is 0 Å². The fourth-order valence-corrected chi connectivity index (χ4v) is 3.33. The Bertz CT molecular complexity index is 638. The molecule has 1 aliphatic rings. The number of rotatable bonds is 1. The Balaban J connectivity index is 2.12. The fourth-order valence-electron chi connectivity index (χ4n) is 2.22. The molecule has 0 bridgehead atoms. The van der Waals surface area contributed by atoms with Gasteiger partial charge in [-0.25, -0.2) is 0 Å². The van der Waals surface area contributed by atoms with E-state index in [0.29, 0.717) is 5.25 Å². The van der Waals surface area contributed by atoms with Crippen molar-refractivity contribution in [1.82, 2.24) is 0 Å². The van der Waals surface area contributed by atoms with Gasteiger partial charge in [0.25, 0.3) is 0 Å². The minimum Gasteiger partial charge on any atom is -0.192 e. The lowest BCUT2D eigenvalue weighted by Gasteiger charge is -2.23. The van der Waals surface area contributed by atoms with Crippen LogP contribution >= 0.6 is 11.8 Å². The Hall–Kier alpha value is -1.98. The molecule has 0 saturated heterocycles. The lowest BCUT2D eigenvalue weighted by molar-refractivity contribution is 1.14. The molecule has 1 nitrogen and oxygen atoms in total. The molecule has 0 fully saturated rings. The maximum absolute atomic E-state index is 9.16. The number of thioether (sulfide) groups is 1. The molecule has 0 radical (unpaired) electrons. The van der Waals surface area contributed by atoms with Crippen LogP contribution in [0.2, 0.25) is 0 Å². The maximum Gasteiger partial charge on any atom is 0.100 e. The topological polar surface area (TPSA) is 23.8 Å². The van der Waals surface area contributed by atoms with Crippen molar-refractivity contribution >= 4 is 17.3 Å². The van der Waals surface area contributed by atoms with Crippen molar-refractivity contribution in [2.24, 2.45) is 0 Å². The SMILES string of the molecule is N#CC1=CSC(c2ccccc2)c2ccccc21. The standard InChI is InChI=1S/C16H11NS/c17-10-13-11-18-16(12-6-2-1-3-7-12)15-9-5-4-8-14(13)15/h1-9,11,16H. The molecule has 0 amide bonds. The van der Waals surface area contributed by atoms with Crippen molar-refractivity contribution in [1.29, 1.82) is 5.26 Å². The first-order valence-corrected chi connectivity index (χ1v) is 6.74. The summed E-state index contributed by atoms with van der Waals surface area (Å²) in [6.07, 6.45) is 0. The van der Waals surface area contributed by atoms with Gasteiger partial charge >= 0.3 is 0 Å². The number of nitrogens with zero attached hydrogens (tertiary/aromatic N) is 1. The molecule has 0 saturated carbocycles. The Labute approximate surface area is 111 Å². The van der Waals surface area contributed by atoms with Crippen LogP contribution in [0, 0.1) is 11.3 Å². The van der Waals surface area contributed by atoms with Crippen LogP contribution in [0.4, 0.5) is 0 Å². The highest BCUT2D eigenvalue weighted by Gasteiger charge is 2.22. The van der Waals surface area contributed by atoms with Crippen molar-refractivity contribution in [3.8, 4) is 6.07 Å². The molecule has 2 aromatic carbocycles. The van der Waals surface area contributed by atoms with Crippen molar-refractivity contribution in [3.63, 3.8) is 0 Å². The van der Waals surface area contributed by atoms with E-state index in [1.54, 1.807) is 11.8 Å². The number of benzene rings is 2. The van der Waals surface area contributed by atoms with E-state index in [1.165, 1.54) is 11.1 Å². The number of fused-ring (bicyclic) bond motifs is 1. The summed E-state index contributed by atoms with van der Waals surface area (Å²) in [6.45, 7) is 0. The minimum atomic E-state index is 0.291. The zero-order valence-electron chi connectivity index (χ0n) is 9.71. The monoisotopic (exact) mass is 249 g/mol. The second-order valence-corrected chi connectivity index (χ2v) is 5.14. The van der Waals surface area contributed by atoms with E-state index < -0.39 is 0 Å². The highest BCUT2D eigenvalue weighted by atomic mass is 32.2. The molecule has 2 heteroatoms. The van der Waals surface area contributed by atoms with Gasteiger partial charge < -0.3 is 0 Å². The second kappa shape index (κ2) is 4.72. The number of hydrogen-bond donors (Lipinski definition) is 0. The molecule has 86 valence electrons. The molecule has 3 rings (SSSR count). The van der Waals surface area contributed by atoms with E-state index in [0.717, 1.165) is 11.1 Å². The van der Waals surface area contributed by atoms with Gasteiger partial charge in [-0.05, 0) is 22.1 Å². The minimum absolute atomic E-state index is 0.291.